The summed E-state index contributed by atoms with van der Waals surface area (Å²) in [6.45, 7) is 2.48. The molecule has 6 heteroatoms. The van der Waals surface area contributed by atoms with E-state index in [2.05, 4.69) is 4.99 Å². The Kier molecular flexibility index (Phi) is 4.14. The number of furan rings is 1. The highest BCUT2D eigenvalue weighted by atomic mass is 16.3. The van der Waals surface area contributed by atoms with Crippen LogP contribution in [0.5, 0.6) is 0 Å². The molecule has 1 rings (SSSR count). The summed E-state index contributed by atoms with van der Waals surface area (Å²) in [7, 11) is 5.24. The maximum Gasteiger partial charge on any atom is 0.203 e. The summed E-state index contributed by atoms with van der Waals surface area (Å²) in [4.78, 5) is 7.50. The molecule has 94 valence electrons. The summed E-state index contributed by atoms with van der Waals surface area (Å²) < 4.78 is 5.49. The van der Waals surface area contributed by atoms with Gasteiger partial charge in [-0.05, 0) is 19.1 Å². The van der Waals surface area contributed by atoms with Crippen LogP contribution in [0.1, 0.15) is 11.5 Å². The van der Waals surface area contributed by atoms with Gasteiger partial charge < -0.3 is 15.1 Å². The third-order valence-corrected chi connectivity index (χ3v) is 2.39. The number of nitrogens with zero attached hydrogens (tertiary/aromatic N) is 3. The Morgan fingerprint density at radius 1 is 1.47 bits per heavy atom. The summed E-state index contributed by atoms with van der Waals surface area (Å²) >= 11 is 0. The lowest BCUT2D eigenvalue weighted by atomic mass is 10.4. The van der Waals surface area contributed by atoms with Crippen LogP contribution in [0.3, 0.4) is 0 Å². The van der Waals surface area contributed by atoms with E-state index in [0.29, 0.717) is 12.5 Å². The molecule has 0 aliphatic rings. The quantitative estimate of drug-likeness (QED) is 0.589. The average molecular weight is 237 g/mol. The van der Waals surface area contributed by atoms with Crippen molar-refractivity contribution in [2.45, 2.75) is 13.5 Å². The van der Waals surface area contributed by atoms with Gasteiger partial charge in [0, 0.05) is 21.1 Å². The first-order valence-electron chi connectivity index (χ1n) is 5.26. The van der Waals surface area contributed by atoms with E-state index in [4.69, 9.17) is 15.6 Å². The zero-order chi connectivity index (χ0) is 13.0. The van der Waals surface area contributed by atoms with Crippen molar-refractivity contribution in [2.24, 2.45) is 10.7 Å². The first-order chi connectivity index (χ1) is 7.95. The number of rotatable bonds is 2. The summed E-state index contributed by atoms with van der Waals surface area (Å²) in [5.74, 6) is 2.30. The van der Waals surface area contributed by atoms with Gasteiger partial charge in [-0.25, -0.2) is 0 Å². The van der Waals surface area contributed by atoms with Crippen LogP contribution in [-0.4, -0.2) is 42.9 Å². The molecule has 0 aliphatic heterocycles. The van der Waals surface area contributed by atoms with Crippen LogP contribution < -0.4 is 5.73 Å². The van der Waals surface area contributed by atoms with Gasteiger partial charge in [0.2, 0.25) is 5.96 Å². The molecular formula is C11H19N5O. The Morgan fingerprint density at radius 3 is 2.53 bits per heavy atom. The number of aryl methyl sites for hydroxylation is 1. The molecule has 0 saturated carbocycles. The van der Waals surface area contributed by atoms with Gasteiger partial charge in [-0.1, -0.05) is 0 Å². The molecule has 0 spiro atoms. The van der Waals surface area contributed by atoms with Gasteiger partial charge >= 0.3 is 0 Å². The van der Waals surface area contributed by atoms with Crippen LogP contribution >= 0.6 is 0 Å². The molecule has 6 nitrogen and oxygen atoms in total. The second-order valence-electron chi connectivity index (χ2n) is 3.84. The highest BCUT2D eigenvalue weighted by Gasteiger charge is 2.14. The van der Waals surface area contributed by atoms with E-state index >= 15 is 0 Å². The molecule has 3 N–H and O–H groups in total. The minimum Gasteiger partial charge on any atom is -0.464 e. The Hall–Kier alpha value is -1.98. The van der Waals surface area contributed by atoms with E-state index < -0.39 is 0 Å². The summed E-state index contributed by atoms with van der Waals surface area (Å²) in [5.41, 5.74) is 5.43. The molecular weight excluding hydrogens is 218 g/mol. The van der Waals surface area contributed by atoms with Crippen molar-refractivity contribution in [2.75, 3.05) is 21.1 Å². The molecule has 0 amide bonds. The molecule has 0 radical (unpaired) electrons. The molecule has 0 fully saturated rings. The molecule has 17 heavy (non-hydrogen) atoms. The number of aliphatic imine (C=N–C) groups is 1. The number of nitrogens with one attached hydrogen (secondary N) is 1. The average Bonchev–Trinajstić information content (AvgIpc) is 2.64. The number of hydrogen-bond acceptors (Lipinski definition) is 3. The van der Waals surface area contributed by atoms with Gasteiger partial charge in [-0.2, -0.15) is 0 Å². The summed E-state index contributed by atoms with van der Waals surface area (Å²) in [6, 6.07) is 3.84. The molecule has 0 aliphatic carbocycles. The maximum atomic E-state index is 7.38. The molecule has 0 aromatic carbocycles. The minimum absolute atomic E-state index is 0.0481. The number of nitrogens with two attached hydrogens (primary N) is 1. The predicted molar refractivity (Wildman–Crippen MR) is 67.9 cm³/mol. The second kappa shape index (κ2) is 5.38. The largest absolute Gasteiger partial charge is 0.464 e. The monoisotopic (exact) mass is 237 g/mol. The van der Waals surface area contributed by atoms with Gasteiger partial charge in [0.1, 0.15) is 11.5 Å². The fourth-order valence-electron chi connectivity index (χ4n) is 1.56. The zero-order valence-electron chi connectivity index (χ0n) is 10.7. The van der Waals surface area contributed by atoms with Crippen molar-refractivity contribution in [3.8, 4) is 0 Å². The third kappa shape index (κ3) is 3.24. The highest BCUT2D eigenvalue weighted by molar-refractivity contribution is 5.96. The van der Waals surface area contributed by atoms with Crippen molar-refractivity contribution in [1.82, 2.24) is 9.80 Å². The highest BCUT2D eigenvalue weighted by Crippen LogP contribution is 2.09. The fraction of sp³-hybridized carbons (Fsp3) is 0.455. The fourth-order valence-corrected chi connectivity index (χ4v) is 1.56. The van der Waals surface area contributed by atoms with E-state index in [-0.39, 0.29) is 5.96 Å². The van der Waals surface area contributed by atoms with E-state index in [0.717, 1.165) is 11.5 Å². The van der Waals surface area contributed by atoms with E-state index in [9.17, 15) is 0 Å². The van der Waals surface area contributed by atoms with Gasteiger partial charge in [0.05, 0.1) is 6.54 Å². The second-order valence-corrected chi connectivity index (χ2v) is 3.84. The SMILES string of the molecule is C/N=C(/N(C)Cc1ccc(C)o1)N(C)C(=N)N. The summed E-state index contributed by atoms with van der Waals surface area (Å²) in [6.07, 6.45) is 0. The van der Waals surface area contributed by atoms with Gasteiger partial charge in [-0.3, -0.25) is 15.3 Å². The third-order valence-electron chi connectivity index (χ3n) is 2.39. The summed E-state index contributed by atoms with van der Waals surface area (Å²) in [5, 5.41) is 7.38. The minimum atomic E-state index is -0.0481. The van der Waals surface area contributed by atoms with E-state index in [1.807, 2.05) is 31.0 Å². The van der Waals surface area contributed by atoms with Crippen LogP contribution in [0, 0.1) is 12.3 Å². The van der Waals surface area contributed by atoms with Crippen LogP contribution in [0.15, 0.2) is 21.5 Å². The molecule has 1 aromatic heterocycles. The molecule has 0 saturated heterocycles. The van der Waals surface area contributed by atoms with Crippen molar-refractivity contribution in [3.05, 3.63) is 23.7 Å². The van der Waals surface area contributed by atoms with E-state index in [1.165, 1.54) is 4.90 Å². The number of guanidine groups is 2. The topological polar surface area (TPSA) is 81.9 Å². The van der Waals surface area contributed by atoms with Crippen LogP contribution in [0.25, 0.3) is 0 Å². The normalized spacial score (nSPS) is 11.4. The van der Waals surface area contributed by atoms with Gasteiger partial charge in [0.25, 0.3) is 0 Å². The lowest BCUT2D eigenvalue weighted by Crippen LogP contribution is -2.45. The Balaban J connectivity index is 2.74. The Morgan fingerprint density at radius 2 is 2.12 bits per heavy atom. The molecule has 0 atom stereocenters. The van der Waals surface area contributed by atoms with Crippen molar-refractivity contribution < 1.29 is 4.42 Å². The lowest BCUT2D eigenvalue weighted by molar-refractivity contribution is 0.377. The smallest absolute Gasteiger partial charge is 0.203 e. The first kappa shape index (κ1) is 13.1. The van der Waals surface area contributed by atoms with Crippen LogP contribution in [0.2, 0.25) is 0 Å². The lowest BCUT2D eigenvalue weighted by Gasteiger charge is -2.27. The Bertz CT molecular complexity index is 423. The Labute approximate surface area is 101 Å². The first-order valence-corrected chi connectivity index (χ1v) is 5.26. The van der Waals surface area contributed by atoms with Gasteiger partial charge in [-0.15, -0.1) is 0 Å². The van der Waals surface area contributed by atoms with E-state index in [1.54, 1.807) is 14.1 Å². The van der Waals surface area contributed by atoms with Crippen molar-refractivity contribution in [3.63, 3.8) is 0 Å². The van der Waals surface area contributed by atoms with Crippen molar-refractivity contribution >= 4 is 11.9 Å². The molecule has 0 unspecified atom stereocenters. The zero-order valence-corrected chi connectivity index (χ0v) is 10.7. The number of hydrogen-bond donors (Lipinski definition) is 2. The molecule has 1 heterocycles. The van der Waals surface area contributed by atoms with Crippen molar-refractivity contribution in [1.29, 1.82) is 5.41 Å². The van der Waals surface area contributed by atoms with Crippen LogP contribution in [0.4, 0.5) is 0 Å². The standard InChI is InChI=1S/C11H19N5O/c1-8-5-6-9(17-8)7-15(3)11(14-2)16(4)10(12)13/h5-6H,7H2,1-4H3,(H3,12,13)/b14-11-. The molecule has 1 aromatic rings. The maximum absolute atomic E-state index is 7.38. The predicted octanol–water partition coefficient (Wildman–Crippen LogP) is 0.831. The van der Waals surface area contributed by atoms with Gasteiger partial charge in [0.15, 0.2) is 5.96 Å². The molecule has 0 bridgehead atoms. The van der Waals surface area contributed by atoms with Crippen LogP contribution in [-0.2, 0) is 6.54 Å².